The standard InChI is InChI=1S/C18H25N3O/c1-13-8-9-17-15(11-13)16(12-21(17)5)14(2)19-18(22)7-6-10-20(3)4/h6-9,11-12,14H,10H2,1-5H3,(H,19,22)/b7-6+. The van der Waals surface area contributed by atoms with Crippen LogP contribution in [0.1, 0.15) is 24.1 Å². The summed E-state index contributed by atoms with van der Waals surface area (Å²) in [5.74, 6) is -0.0565. The Morgan fingerprint density at radius 2 is 2.14 bits per heavy atom. The van der Waals surface area contributed by atoms with E-state index in [4.69, 9.17) is 0 Å². The molecule has 0 spiro atoms. The maximum Gasteiger partial charge on any atom is 0.244 e. The van der Waals surface area contributed by atoms with Gasteiger partial charge in [0.05, 0.1) is 6.04 Å². The van der Waals surface area contributed by atoms with Crippen LogP contribution in [0.4, 0.5) is 0 Å². The third kappa shape index (κ3) is 3.77. The first-order valence-corrected chi connectivity index (χ1v) is 7.56. The molecule has 2 aromatic rings. The predicted molar refractivity (Wildman–Crippen MR) is 91.9 cm³/mol. The van der Waals surface area contributed by atoms with Gasteiger partial charge in [-0.15, -0.1) is 0 Å². The number of carbonyl (C=O) groups is 1. The fraction of sp³-hybridized carbons (Fsp3) is 0.389. The van der Waals surface area contributed by atoms with E-state index in [2.05, 4.69) is 41.2 Å². The number of hydrogen-bond donors (Lipinski definition) is 1. The molecule has 0 radical (unpaired) electrons. The van der Waals surface area contributed by atoms with Gasteiger partial charge in [-0.25, -0.2) is 0 Å². The summed E-state index contributed by atoms with van der Waals surface area (Å²) in [6.07, 6.45) is 5.57. The van der Waals surface area contributed by atoms with E-state index < -0.39 is 0 Å². The van der Waals surface area contributed by atoms with Crippen LogP contribution >= 0.6 is 0 Å². The van der Waals surface area contributed by atoms with Crippen molar-refractivity contribution in [3.05, 3.63) is 47.7 Å². The number of nitrogens with zero attached hydrogens (tertiary/aromatic N) is 2. The first kappa shape index (κ1) is 16.3. The van der Waals surface area contributed by atoms with E-state index >= 15 is 0 Å². The van der Waals surface area contributed by atoms with E-state index in [1.54, 1.807) is 6.08 Å². The van der Waals surface area contributed by atoms with Crippen LogP contribution < -0.4 is 5.32 Å². The number of aromatic nitrogens is 1. The Balaban J connectivity index is 2.16. The zero-order valence-electron chi connectivity index (χ0n) is 14.1. The summed E-state index contributed by atoms with van der Waals surface area (Å²) < 4.78 is 2.11. The van der Waals surface area contributed by atoms with Crippen LogP contribution in [0.25, 0.3) is 10.9 Å². The Hall–Kier alpha value is -2.07. The molecule has 0 aliphatic carbocycles. The van der Waals surface area contributed by atoms with Crippen LogP contribution in [-0.4, -0.2) is 36.0 Å². The molecule has 0 aliphatic heterocycles. The van der Waals surface area contributed by atoms with Crippen molar-refractivity contribution in [2.45, 2.75) is 19.9 Å². The molecule has 1 unspecified atom stereocenters. The van der Waals surface area contributed by atoms with Crippen molar-refractivity contribution in [2.24, 2.45) is 7.05 Å². The third-order valence-electron chi connectivity index (χ3n) is 3.74. The molecule has 1 atom stereocenters. The van der Waals surface area contributed by atoms with Gasteiger partial charge in [0.25, 0.3) is 0 Å². The summed E-state index contributed by atoms with van der Waals surface area (Å²) in [7, 11) is 5.99. The van der Waals surface area contributed by atoms with Gasteiger partial charge in [-0.1, -0.05) is 17.7 Å². The molecule has 0 bridgehead atoms. The third-order valence-corrected chi connectivity index (χ3v) is 3.74. The number of nitrogens with one attached hydrogen (secondary N) is 1. The number of carbonyl (C=O) groups excluding carboxylic acids is 1. The molecule has 0 saturated carbocycles. The second kappa shape index (κ2) is 6.79. The lowest BCUT2D eigenvalue weighted by atomic mass is 10.1. The van der Waals surface area contributed by atoms with Crippen molar-refractivity contribution >= 4 is 16.8 Å². The number of fused-ring (bicyclic) bond motifs is 1. The van der Waals surface area contributed by atoms with Crippen molar-refractivity contribution < 1.29 is 4.79 Å². The lowest BCUT2D eigenvalue weighted by Gasteiger charge is -2.12. The van der Waals surface area contributed by atoms with Gasteiger partial charge in [-0.2, -0.15) is 0 Å². The van der Waals surface area contributed by atoms with Crippen molar-refractivity contribution in [1.29, 1.82) is 0 Å². The van der Waals surface area contributed by atoms with Crippen LogP contribution in [0, 0.1) is 6.92 Å². The number of likely N-dealkylation sites (N-methyl/N-ethyl adjacent to an activating group) is 1. The van der Waals surface area contributed by atoms with Gasteiger partial charge in [-0.05, 0) is 45.6 Å². The minimum atomic E-state index is -0.0565. The zero-order valence-corrected chi connectivity index (χ0v) is 14.1. The number of amides is 1. The van der Waals surface area contributed by atoms with Gasteiger partial charge in [0.1, 0.15) is 0 Å². The van der Waals surface area contributed by atoms with Gasteiger partial charge >= 0.3 is 0 Å². The Labute approximate surface area is 132 Å². The minimum Gasteiger partial charge on any atom is -0.350 e. The molecular weight excluding hydrogens is 274 g/mol. The lowest BCUT2D eigenvalue weighted by molar-refractivity contribution is -0.117. The van der Waals surface area contributed by atoms with Gasteiger partial charge < -0.3 is 14.8 Å². The van der Waals surface area contributed by atoms with Crippen LogP contribution in [0.5, 0.6) is 0 Å². The Kier molecular flexibility index (Phi) is 5.03. The van der Waals surface area contributed by atoms with E-state index in [0.717, 1.165) is 12.1 Å². The normalized spacial score (nSPS) is 13.2. The molecule has 0 fully saturated rings. The highest BCUT2D eigenvalue weighted by Crippen LogP contribution is 2.26. The summed E-state index contributed by atoms with van der Waals surface area (Å²) in [5.41, 5.74) is 3.56. The van der Waals surface area contributed by atoms with E-state index in [0.29, 0.717) is 0 Å². The molecule has 22 heavy (non-hydrogen) atoms. The summed E-state index contributed by atoms with van der Waals surface area (Å²) in [6, 6.07) is 6.39. The quantitative estimate of drug-likeness (QED) is 0.862. The monoisotopic (exact) mass is 299 g/mol. The van der Waals surface area contributed by atoms with Crippen molar-refractivity contribution in [3.63, 3.8) is 0 Å². The topological polar surface area (TPSA) is 37.3 Å². The van der Waals surface area contributed by atoms with E-state index in [9.17, 15) is 4.79 Å². The van der Waals surface area contributed by atoms with Gasteiger partial charge in [0, 0.05) is 36.8 Å². The summed E-state index contributed by atoms with van der Waals surface area (Å²) in [4.78, 5) is 14.0. The molecule has 1 aromatic heterocycles. The molecule has 118 valence electrons. The van der Waals surface area contributed by atoms with Gasteiger partial charge in [-0.3, -0.25) is 4.79 Å². The summed E-state index contributed by atoms with van der Waals surface area (Å²) in [6.45, 7) is 4.87. The predicted octanol–water partition coefficient (Wildman–Crippen LogP) is 2.78. The molecular formula is C18H25N3O. The van der Waals surface area contributed by atoms with E-state index in [1.807, 2.05) is 39.0 Å². The molecule has 1 heterocycles. The van der Waals surface area contributed by atoms with Crippen LogP contribution in [0.15, 0.2) is 36.5 Å². The Morgan fingerprint density at radius 3 is 2.82 bits per heavy atom. The molecule has 0 aliphatic rings. The average molecular weight is 299 g/mol. The Morgan fingerprint density at radius 1 is 1.41 bits per heavy atom. The maximum atomic E-state index is 12.0. The summed E-state index contributed by atoms with van der Waals surface area (Å²) >= 11 is 0. The molecule has 2 rings (SSSR count). The smallest absolute Gasteiger partial charge is 0.244 e. The molecule has 1 amide bonds. The zero-order chi connectivity index (χ0) is 16.3. The van der Waals surface area contributed by atoms with E-state index in [-0.39, 0.29) is 11.9 Å². The highest BCUT2D eigenvalue weighted by Gasteiger charge is 2.14. The number of rotatable bonds is 5. The van der Waals surface area contributed by atoms with Crippen LogP contribution in [0.3, 0.4) is 0 Å². The second-order valence-corrected chi connectivity index (χ2v) is 6.11. The second-order valence-electron chi connectivity index (χ2n) is 6.11. The maximum absolute atomic E-state index is 12.0. The molecule has 4 nitrogen and oxygen atoms in total. The van der Waals surface area contributed by atoms with Crippen molar-refractivity contribution in [3.8, 4) is 0 Å². The average Bonchev–Trinajstić information content (AvgIpc) is 2.75. The summed E-state index contributed by atoms with van der Waals surface area (Å²) in [5, 5.41) is 4.24. The van der Waals surface area contributed by atoms with Gasteiger partial charge in [0.2, 0.25) is 5.91 Å². The minimum absolute atomic E-state index is 0.0259. The largest absolute Gasteiger partial charge is 0.350 e. The number of benzene rings is 1. The fourth-order valence-electron chi connectivity index (χ4n) is 2.59. The fourth-order valence-corrected chi connectivity index (χ4v) is 2.59. The van der Waals surface area contributed by atoms with Crippen LogP contribution in [0.2, 0.25) is 0 Å². The highest BCUT2D eigenvalue weighted by atomic mass is 16.1. The van der Waals surface area contributed by atoms with Gasteiger partial charge in [0.15, 0.2) is 0 Å². The molecule has 1 N–H and O–H groups in total. The number of aryl methyl sites for hydroxylation is 2. The lowest BCUT2D eigenvalue weighted by Crippen LogP contribution is -2.25. The molecule has 0 saturated heterocycles. The number of hydrogen-bond acceptors (Lipinski definition) is 2. The Bertz CT molecular complexity index is 698. The first-order valence-electron chi connectivity index (χ1n) is 7.56. The van der Waals surface area contributed by atoms with E-state index in [1.165, 1.54) is 16.5 Å². The van der Waals surface area contributed by atoms with Crippen molar-refractivity contribution in [2.75, 3.05) is 20.6 Å². The van der Waals surface area contributed by atoms with Crippen molar-refractivity contribution in [1.82, 2.24) is 14.8 Å². The SMILES string of the molecule is Cc1ccc2c(c1)c(C(C)NC(=O)/C=C/CN(C)C)cn2C. The first-order chi connectivity index (χ1) is 10.4. The highest BCUT2D eigenvalue weighted by molar-refractivity contribution is 5.89. The van der Waals surface area contributed by atoms with Crippen LogP contribution in [-0.2, 0) is 11.8 Å². The molecule has 4 heteroatoms. The molecule has 1 aromatic carbocycles.